The maximum Gasteiger partial charge on any atom is 0.236 e. The lowest BCUT2D eigenvalue weighted by Gasteiger charge is -2.27. The molecular weight excluding hydrogens is 250 g/mol. The van der Waals surface area contributed by atoms with Gasteiger partial charge in [-0.1, -0.05) is 30.3 Å². The van der Waals surface area contributed by atoms with E-state index in [-0.39, 0.29) is 11.8 Å². The third-order valence-electron chi connectivity index (χ3n) is 3.69. The Balaban J connectivity index is 1.77. The second kappa shape index (κ2) is 7.66. The van der Waals surface area contributed by atoms with Gasteiger partial charge in [0.25, 0.3) is 0 Å². The van der Waals surface area contributed by atoms with Gasteiger partial charge in [0.15, 0.2) is 0 Å². The lowest BCUT2D eigenvalue weighted by atomic mass is 10.0. The Labute approximate surface area is 120 Å². The topological polar surface area (TPSA) is 56.1 Å². The molecule has 1 amide bonds. The SMILES string of the molecule is N#CC(CNCC(=O)N1CCCCC1)c1ccccc1. The van der Waals surface area contributed by atoms with Gasteiger partial charge in [-0.2, -0.15) is 5.26 Å². The molecule has 1 saturated heterocycles. The van der Waals surface area contributed by atoms with Gasteiger partial charge in [-0.25, -0.2) is 0 Å². The summed E-state index contributed by atoms with van der Waals surface area (Å²) in [6.45, 7) is 2.59. The highest BCUT2D eigenvalue weighted by atomic mass is 16.2. The van der Waals surface area contributed by atoms with E-state index in [0.717, 1.165) is 31.5 Å². The number of amides is 1. The molecule has 0 saturated carbocycles. The highest BCUT2D eigenvalue weighted by Gasteiger charge is 2.16. The smallest absolute Gasteiger partial charge is 0.236 e. The van der Waals surface area contributed by atoms with Crippen LogP contribution >= 0.6 is 0 Å². The number of nitrogens with zero attached hydrogens (tertiary/aromatic N) is 2. The molecule has 1 aromatic carbocycles. The average molecular weight is 271 g/mol. The summed E-state index contributed by atoms with van der Waals surface area (Å²) in [5, 5.41) is 12.3. The largest absolute Gasteiger partial charge is 0.342 e. The Morgan fingerprint density at radius 3 is 2.60 bits per heavy atom. The van der Waals surface area contributed by atoms with Crippen LogP contribution in [0.4, 0.5) is 0 Å². The number of hydrogen-bond acceptors (Lipinski definition) is 3. The van der Waals surface area contributed by atoms with Crippen molar-refractivity contribution in [2.24, 2.45) is 0 Å². The van der Waals surface area contributed by atoms with Crippen molar-refractivity contribution in [3.63, 3.8) is 0 Å². The molecule has 1 fully saturated rings. The first-order chi connectivity index (χ1) is 9.81. The molecule has 0 radical (unpaired) electrons. The number of carbonyl (C=O) groups is 1. The van der Waals surface area contributed by atoms with Crippen LogP contribution in [0.15, 0.2) is 30.3 Å². The summed E-state index contributed by atoms with van der Waals surface area (Å²) in [7, 11) is 0. The van der Waals surface area contributed by atoms with Crippen molar-refractivity contribution >= 4 is 5.91 Å². The first kappa shape index (κ1) is 14.5. The van der Waals surface area contributed by atoms with E-state index in [0.29, 0.717) is 13.1 Å². The monoisotopic (exact) mass is 271 g/mol. The molecule has 0 aliphatic carbocycles. The fraction of sp³-hybridized carbons (Fsp3) is 0.500. The van der Waals surface area contributed by atoms with Gasteiger partial charge in [-0.05, 0) is 24.8 Å². The molecule has 106 valence electrons. The summed E-state index contributed by atoms with van der Waals surface area (Å²) in [6, 6.07) is 12.0. The van der Waals surface area contributed by atoms with Crippen LogP contribution in [0.2, 0.25) is 0 Å². The molecule has 0 bridgehead atoms. The summed E-state index contributed by atoms with van der Waals surface area (Å²) in [4.78, 5) is 13.9. The van der Waals surface area contributed by atoms with E-state index >= 15 is 0 Å². The van der Waals surface area contributed by atoms with Crippen molar-refractivity contribution in [2.45, 2.75) is 25.2 Å². The van der Waals surface area contributed by atoms with E-state index in [1.807, 2.05) is 35.2 Å². The number of likely N-dealkylation sites (tertiary alicyclic amines) is 1. The predicted molar refractivity (Wildman–Crippen MR) is 78.1 cm³/mol. The minimum absolute atomic E-state index is 0.148. The third kappa shape index (κ3) is 4.07. The highest BCUT2D eigenvalue weighted by molar-refractivity contribution is 5.78. The number of carbonyl (C=O) groups excluding carboxylic acids is 1. The van der Waals surface area contributed by atoms with E-state index < -0.39 is 0 Å². The van der Waals surface area contributed by atoms with Gasteiger partial charge < -0.3 is 10.2 Å². The normalized spacial score (nSPS) is 16.4. The van der Waals surface area contributed by atoms with Gasteiger partial charge in [0.05, 0.1) is 18.5 Å². The molecule has 1 atom stereocenters. The van der Waals surface area contributed by atoms with Gasteiger partial charge in [0.2, 0.25) is 5.91 Å². The second-order valence-corrected chi connectivity index (χ2v) is 5.16. The van der Waals surface area contributed by atoms with E-state index in [1.54, 1.807) is 0 Å². The van der Waals surface area contributed by atoms with Gasteiger partial charge in [-0.3, -0.25) is 4.79 Å². The van der Waals surface area contributed by atoms with Gasteiger partial charge >= 0.3 is 0 Å². The molecule has 1 unspecified atom stereocenters. The third-order valence-corrected chi connectivity index (χ3v) is 3.69. The molecule has 1 heterocycles. The van der Waals surface area contributed by atoms with Crippen molar-refractivity contribution in [1.82, 2.24) is 10.2 Å². The zero-order valence-corrected chi connectivity index (χ0v) is 11.7. The Hall–Kier alpha value is -1.86. The molecular formula is C16H21N3O. The molecule has 20 heavy (non-hydrogen) atoms. The van der Waals surface area contributed by atoms with Crippen LogP contribution in [0.1, 0.15) is 30.7 Å². The Morgan fingerprint density at radius 2 is 1.95 bits per heavy atom. The van der Waals surface area contributed by atoms with Gasteiger partial charge in [0.1, 0.15) is 0 Å². The standard InChI is InChI=1S/C16H21N3O/c17-11-15(14-7-3-1-4-8-14)12-18-13-16(20)19-9-5-2-6-10-19/h1,3-4,7-8,15,18H,2,5-6,9-10,12-13H2. The van der Waals surface area contributed by atoms with Crippen LogP contribution in [-0.2, 0) is 4.79 Å². The first-order valence-corrected chi connectivity index (χ1v) is 7.24. The van der Waals surface area contributed by atoms with E-state index in [9.17, 15) is 10.1 Å². The minimum Gasteiger partial charge on any atom is -0.342 e. The zero-order chi connectivity index (χ0) is 14.2. The number of hydrogen-bond donors (Lipinski definition) is 1. The summed E-state index contributed by atoms with van der Waals surface area (Å²) in [6.07, 6.45) is 3.44. The van der Waals surface area contributed by atoms with E-state index in [1.165, 1.54) is 6.42 Å². The number of nitriles is 1. The minimum atomic E-state index is -0.203. The fourth-order valence-corrected chi connectivity index (χ4v) is 2.50. The van der Waals surface area contributed by atoms with Crippen molar-refractivity contribution < 1.29 is 4.79 Å². The molecule has 0 aromatic heterocycles. The zero-order valence-electron chi connectivity index (χ0n) is 11.7. The van der Waals surface area contributed by atoms with Crippen molar-refractivity contribution in [1.29, 1.82) is 5.26 Å². The van der Waals surface area contributed by atoms with Crippen molar-refractivity contribution in [3.8, 4) is 6.07 Å². The predicted octanol–water partition coefficient (Wildman–Crippen LogP) is 1.90. The Kier molecular flexibility index (Phi) is 5.57. The van der Waals surface area contributed by atoms with Crippen LogP contribution in [0, 0.1) is 11.3 Å². The molecule has 1 N–H and O–H groups in total. The van der Waals surface area contributed by atoms with E-state index in [2.05, 4.69) is 11.4 Å². The Bertz CT molecular complexity index is 460. The van der Waals surface area contributed by atoms with Crippen LogP contribution < -0.4 is 5.32 Å². The average Bonchev–Trinajstić information content (AvgIpc) is 2.53. The van der Waals surface area contributed by atoms with Crippen LogP contribution in [0.5, 0.6) is 0 Å². The molecule has 1 aliphatic rings. The highest BCUT2D eigenvalue weighted by Crippen LogP contribution is 2.13. The molecule has 0 spiro atoms. The molecule has 4 nitrogen and oxygen atoms in total. The van der Waals surface area contributed by atoms with Crippen LogP contribution in [-0.4, -0.2) is 37.0 Å². The molecule has 4 heteroatoms. The van der Waals surface area contributed by atoms with E-state index in [4.69, 9.17) is 0 Å². The Morgan fingerprint density at radius 1 is 1.25 bits per heavy atom. The summed E-state index contributed by atoms with van der Waals surface area (Å²) in [5.74, 6) is -0.0557. The maximum absolute atomic E-state index is 12.0. The number of benzene rings is 1. The lowest BCUT2D eigenvalue weighted by Crippen LogP contribution is -2.41. The van der Waals surface area contributed by atoms with Gasteiger partial charge in [-0.15, -0.1) is 0 Å². The van der Waals surface area contributed by atoms with Gasteiger partial charge in [0, 0.05) is 19.6 Å². The van der Waals surface area contributed by atoms with Crippen LogP contribution in [0.3, 0.4) is 0 Å². The maximum atomic E-state index is 12.0. The van der Waals surface area contributed by atoms with Crippen molar-refractivity contribution in [2.75, 3.05) is 26.2 Å². The first-order valence-electron chi connectivity index (χ1n) is 7.24. The quantitative estimate of drug-likeness (QED) is 0.890. The number of rotatable bonds is 5. The molecule has 1 aliphatic heterocycles. The summed E-state index contributed by atoms with van der Waals surface area (Å²) >= 11 is 0. The fourth-order valence-electron chi connectivity index (χ4n) is 2.50. The van der Waals surface area contributed by atoms with Crippen molar-refractivity contribution in [3.05, 3.63) is 35.9 Å². The van der Waals surface area contributed by atoms with Crippen LogP contribution in [0.25, 0.3) is 0 Å². The summed E-state index contributed by atoms with van der Waals surface area (Å²) in [5.41, 5.74) is 0.993. The lowest BCUT2D eigenvalue weighted by molar-refractivity contribution is -0.131. The summed E-state index contributed by atoms with van der Waals surface area (Å²) < 4.78 is 0. The second-order valence-electron chi connectivity index (χ2n) is 5.16. The number of nitrogens with one attached hydrogen (secondary N) is 1. The molecule has 1 aromatic rings. The molecule has 2 rings (SSSR count). The number of piperidine rings is 1.